The first kappa shape index (κ1) is 16.0. The van der Waals surface area contributed by atoms with Crippen molar-refractivity contribution in [1.29, 1.82) is 0 Å². The summed E-state index contributed by atoms with van der Waals surface area (Å²) in [6.07, 6.45) is 1.39. The lowest BCUT2D eigenvalue weighted by Crippen LogP contribution is -2.38. The van der Waals surface area contributed by atoms with Gasteiger partial charge in [-0.3, -0.25) is 9.59 Å². The SMILES string of the molecule is CC(C)C#Cc1ccc(C(=O)NC2C=CS(=O)(=O)C2)c(=O)[nH]1. The molecule has 0 spiro atoms. The number of H-pyrrole nitrogens is 1. The topological polar surface area (TPSA) is 96.1 Å². The standard InChI is InChI=1S/C15H16N2O4S/c1-10(2)3-4-11-5-6-13(14(18)16-11)15(19)17-12-7-8-22(20,21)9-12/h5-8,10,12H,9H2,1-2H3,(H,16,18)(H,17,19). The first-order valence-electron chi connectivity index (χ1n) is 6.73. The highest BCUT2D eigenvalue weighted by atomic mass is 32.2. The number of carbonyl (C=O) groups excluding carboxylic acids is 1. The number of aromatic nitrogens is 1. The molecular formula is C15H16N2O4S. The first-order valence-corrected chi connectivity index (χ1v) is 8.45. The maximum atomic E-state index is 12.0. The van der Waals surface area contributed by atoms with Crippen LogP contribution in [0.2, 0.25) is 0 Å². The molecule has 22 heavy (non-hydrogen) atoms. The Labute approximate surface area is 128 Å². The molecule has 0 fully saturated rings. The molecule has 0 aliphatic carbocycles. The molecule has 1 aliphatic heterocycles. The third-order valence-electron chi connectivity index (χ3n) is 2.90. The van der Waals surface area contributed by atoms with Gasteiger partial charge in [0.15, 0.2) is 9.84 Å². The van der Waals surface area contributed by atoms with Gasteiger partial charge in [0.1, 0.15) is 5.56 Å². The van der Waals surface area contributed by atoms with E-state index >= 15 is 0 Å². The molecular weight excluding hydrogens is 304 g/mol. The Bertz CT molecular complexity index is 838. The number of carbonyl (C=O) groups is 1. The highest BCUT2D eigenvalue weighted by Gasteiger charge is 2.24. The smallest absolute Gasteiger partial charge is 0.261 e. The van der Waals surface area contributed by atoms with Crippen LogP contribution < -0.4 is 10.9 Å². The van der Waals surface area contributed by atoms with Crippen molar-refractivity contribution in [2.75, 3.05) is 5.75 Å². The molecule has 6 nitrogen and oxygen atoms in total. The van der Waals surface area contributed by atoms with Gasteiger partial charge in [-0.25, -0.2) is 8.42 Å². The average Bonchev–Trinajstić information content (AvgIpc) is 2.75. The summed E-state index contributed by atoms with van der Waals surface area (Å²) in [5.74, 6) is 5.08. The van der Waals surface area contributed by atoms with Crippen molar-refractivity contribution in [3.8, 4) is 11.8 Å². The minimum Gasteiger partial charge on any atom is -0.345 e. The van der Waals surface area contributed by atoms with Crippen molar-refractivity contribution in [2.24, 2.45) is 5.92 Å². The maximum absolute atomic E-state index is 12.0. The zero-order valence-corrected chi connectivity index (χ0v) is 13.0. The third kappa shape index (κ3) is 4.09. The summed E-state index contributed by atoms with van der Waals surface area (Å²) in [5.41, 5.74) is -0.204. The van der Waals surface area contributed by atoms with Crippen LogP contribution in [-0.2, 0) is 9.84 Å². The molecule has 1 aliphatic rings. The Hall–Kier alpha value is -2.33. The van der Waals surface area contributed by atoms with Gasteiger partial charge in [0, 0.05) is 11.3 Å². The number of hydrogen-bond donors (Lipinski definition) is 2. The molecule has 2 heterocycles. The molecule has 0 radical (unpaired) electrons. The summed E-state index contributed by atoms with van der Waals surface area (Å²) in [7, 11) is -3.26. The molecule has 0 aromatic carbocycles. The zero-order chi connectivity index (χ0) is 16.3. The van der Waals surface area contributed by atoms with Crippen molar-refractivity contribution in [2.45, 2.75) is 19.9 Å². The van der Waals surface area contributed by atoms with E-state index in [-0.39, 0.29) is 17.2 Å². The molecule has 2 rings (SSSR count). The average molecular weight is 320 g/mol. The Morgan fingerprint density at radius 2 is 2.14 bits per heavy atom. The van der Waals surface area contributed by atoms with Crippen LogP contribution in [0.1, 0.15) is 29.9 Å². The largest absolute Gasteiger partial charge is 0.345 e. The molecule has 1 atom stereocenters. The first-order chi connectivity index (χ1) is 10.3. The predicted octanol–water partition coefficient (Wildman–Crippen LogP) is 0.423. The van der Waals surface area contributed by atoms with Crippen LogP contribution in [0.25, 0.3) is 0 Å². The van der Waals surface area contributed by atoms with Gasteiger partial charge in [-0.15, -0.1) is 0 Å². The molecule has 1 unspecified atom stereocenters. The number of amides is 1. The summed E-state index contributed by atoms with van der Waals surface area (Å²) >= 11 is 0. The van der Waals surface area contributed by atoms with E-state index in [4.69, 9.17) is 0 Å². The second-order valence-corrected chi connectivity index (χ2v) is 7.21. The van der Waals surface area contributed by atoms with E-state index in [1.807, 2.05) is 13.8 Å². The number of hydrogen-bond acceptors (Lipinski definition) is 4. The molecule has 1 aromatic rings. The van der Waals surface area contributed by atoms with Crippen molar-refractivity contribution >= 4 is 15.7 Å². The number of sulfone groups is 1. The molecule has 1 aromatic heterocycles. The minimum atomic E-state index is -3.26. The lowest BCUT2D eigenvalue weighted by Gasteiger charge is -2.09. The number of pyridine rings is 1. The van der Waals surface area contributed by atoms with Gasteiger partial charge in [-0.1, -0.05) is 19.8 Å². The van der Waals surface area contributed by atoms with Crippen LogP contribution in [0.5, 0.6) is 0 Å². The summed E-state index contributed by atoms with van der Waals surface area (Å²) in [6, 6.07) is 2.32. The molecule has 0 saturated carbocycles. The van der Waals surface area contributed by atoms with E-state index in [1.165, 1.54) is 12.1 Å². The van der Waals surface area contributed by atoms with Gasteiger partial charge in [-0.2, -0.15) is 0 Å². The monoisotopic (exact) mass is 320 g/mol. The molecule has 116 valence electrons. The molecule has 0 saturated heterocycles. The Kier molecular flexibility index (Phi) is 4.52. The third-order valence-corrected chi connectivity index (χ3v) is 4.29. The van der Waals surface area contributed by atoms with Crippen LogP contribution in [0.3, 0.4) is 0 Å². The summed E-state index contributed by atoms with van der Waals surface area (Å²) in [4.78, 5) is 26.4. The highest BCUT2D eigenvalue weighted by Crippen LogP contribution is 2.08. The molecule has 2 N–H and O–H groups in total. The predicted molar refractivity (Wildman–Crippen MR) is 83.0 cm³/mol. The second kappa shape index (κ2) is 6.20. The normalized spacial score (nSPS) is 18.8. The lowest BCUT2D eigenvalue weighted by molar-refractivity contribution is 0.0946. The second-order valence-electron chi connectivity index (χ2n) is 5.28. The van der Waals surface area contributed by atoms with Gasteiger partial charge in [-0.05, 0) is 24.1 Å². The van der Waals surface area contributed by atoms with E-state index in [0.29, 0.717) is 5.69 Å². The van der Waals surface area contributed by atoms with Crippen LogP contribution in [0.4, 0.5) is 0 Å². The minimum absolute atomic E-state index is 0.0761. The lowest BCUT2D eigenvalue weighted by atomic mass is 10.2. The number of rotatable bonds is 2. The van der Waals surface area contributed by atoms with Crippen molar-refractivity contribution in [1.82, 2.24) is 10.3 Å². The van der Waals surface area contributed by atoms with E-state index < -0.39 is 27.3 Å². The summed E-state index contributed by atoms with van der Waals surface area (Å²) in [5, 5.41) is 3.56. The van der Waals surface area contributed by atoms with Crippen molar-refractivity contribution in [3.63, 3.8) is 0 Å². The number of nitrogens with one attached hydrogen (secondary N) is 2. The van der Waals surface area contributed by atoms with Crippen LogP contribution in [0.15, 0.2) is 28.4 Å². The van der Waals surface area contributed by atoms with Crippen LogP contribution in [-0.4, -0.2) is 31.1 Å². The fraction of sp³-hybridized carbons (Fsp3) is 0.333. The van der Waals surface area contributed by atoms with Gasteiger partial charge >= 0.3 is 0 Å². The van der Waals surface area contributed by atoms with Crippen LogP contribution in [0, 0.1) is 17.8 Å². The van der Waals surface area contributed by atoms with Gasteiger partial charge < -0.3 is 10.3 Å². The van der Waals surface area contributed by atoms with E-state index in [0.717, 1.165) is 5.41 Å². The highest BCUT2D eigenvalue weighted by molar-refractivity contribution is 7.94. The van der Waals surface area contributed by atoms with Crippen molar-refractivity contribution < 1.29 is 13.2 Å². The van der Waals surface area contributed by atoms with Gasteiger partial charge in [0.2, 0.25) is 0 Å². The van der Waals surface area contributed by atoms with E-state index in [9.17, 15) is 18.0 Å². The van der Waals surface area contributed by atoms with Gasteiger partial charge in [0.05, 0.1) is 17.5 Å². The Morgan fingerprint density at radius 3 is 2.68 bits per heavy atom. The maximum Gasteiger partial charge on any atom is 0.261 e. The Morgan fingerprint density at radius 1 is 1.41 bits per heavy atom. The quantitative estimate of drug-likeness (QED) is 0.772. The summed E-state index contributed by atoms with van der Waals surface area (Å²) in [6.45, 7) is 3.85. The molecule has 0 bridgehead atoms. The van der Waals surface area contributed by atoms with E-state index in [2.05, 4.69) is 22.1 Å². The summed E-state index contributed by atoms with van der Waals surface area (Å²) < 4.78 is 22.6. The molecule has 1 amide bonds. The zero-order valence-electron chi connectivity index (χ0n) is 12.2. The fourth-order valence-corrected chi connectivity index (χ4v) is 3.09. The number of aromatic amines is 1. The fourth-order valence-electron chi connectivity index (χ4n) is 1.86. The van der Waals surface area contributed by atoms with Crippen LogP contribution >= 0.6 is 0 Å². The Balaban J connectivity index is 2.13. The van der Waals surface area contributed by atoms with Gasteiger partial charge in [0.25, 0.3) is 11.5 Å². The van der Waals surface area contributed by atoms with Crippen molar-refractivity contribution in [3.05, 3.63) is 45.2 Å². The molecule has 7 heteroatoms. The van der Waals surface area contributed by atoms with E-state index in [1.54, 1.807) is 6.07 Å².